The Morgan fingerprint density at radius 3 is 2.04 bits per heavy atom. The SMILES string of the molecule is CCOC(=O)CN(c1ccc(C(=O)OCC)cc1)S(=O)(=O)c1ccc(Cl)cc1. The van der Waals surface area contributed by atoms with Gasteiger partial charge in [-0.3, -0.25) is 9.10 Å². The number of sulfonamides is 1. The number of hydrogen-bond donors (Lipinski definition) is 0. The molecule has 0 aliphatic carbocycles. The van der Waals surface area contributed by atoms with Crippen molar-refractivity contribution in [3.8, 4) is 0 Å². The summed E-state index contributed by atoms with van der Waals surface area (Å²) in [5.41, 5.74) is 0.474. The number of halogens is 1. The van der Waals surface area contributed by atoms with Crippen LogP contribution in [0.15, 0.2) is 53.4 Å². The number of carbonyl (C=O) groups is 2. The molecule has 0 fully saturated rings. The molecule has 28 heavy (non-hydrogen) atoms. The monoisotopic (exact) mass is 425 g/mol. The van der Waals surface area contributed by atoms with E-state index in [-0.39, 0.29) is 29.4 Å². The van der Waals surface area contributed by atoms with E-state index in [9.17, 15) is 18.0 Å². The average Bonchev–Trinajstić information content (AvgIpc) is 2.67. The minimum atomic E-state index is -4.07. The van der Waals surface area contributed by atoms with Crippen molar-refractivity contribution < 1.29 is 27.5 Å². The van der Waals surface area contributed by atoms with Gasteiger partial charge in [0.1, 0.15) is 6.54 Å². The van der Waals surface area contributed by atoms with E-state index in [1.54, 1.807) is 13.8 Å². The molecular weight excluding hydrogens is 406 g/mol. The fourth-order valence-corrected chi connectivity index (χ4v) is 3.89. The molecule has 0 amide bonds. The van der Waals surface area contributed by atoms with Crippen LogP contribution in [0.2, 0.25) is 5.02 Å². The van der Waals surface area contributed by atoms with E-state index < -0.39 is 28.5 Å². The standard InChI is InChI=1S/C19H20ClNO6S/c1-3-26-18(22)13-21(28(24,25)17-11-7-15(20)8-12-17)16-9-5-14(6-10-16)19(23)27-4-2/h5-12H,3-4,13H2,1-2H3. The van der Waals surface area contributed by atoms with Gasteiger partial charge in [0, 0.05) is 5.02 Å². The van der Waals surface area contributed by atoms with E-state index in [2.05, 4.69) is 0 Å². The van der Waals surface area contributed by atoms with Gasteiger partial charge >= 0.3 is 11.9 Å². The van der Waals surface area contributed by atoms with Crippen molar-refractivity contribution in [2.24, 2.45) is 0 Å². The van der Waals surface area contributed by atoms with Gasteiger partial charge in [0.05, 0.1) is 29.4 Å². The van der Waals surface area contributed by atoms with Crippen LogP contribution in [-0.2, 0) is 24.3 Å². The van der Waals surface area contributed by atoms with Crippen molar-refractivity contribution in [2.75, 3.05) is 24.1 Å². The van der Waals surface area contributed by atoms with Gasteiger partial charge in [-0.25, -0.2) is 13.2 Å². The third-order valence-corrected chi connectivity index (χ3v) is 5.69. The molecule has 0 aliphatic rings. The van der Waals surface area contributed by atoms with E-state index >= 15 is 0 Å². The van der Waals surface area contributed by atoms with E-state index in [1.807, 2.05) is 0 Å². The zero-order valence-corrected chi connectivity index (χ0v) is 17.0. The molecule has 0 unspecified atom stereocenters. The molecule has 0 spiro atoms. The minimum Gasteiger partial charge on any atom is -0.465 e. The average molecular weight is 426 g/mol. The summed E-state index contributed by atoms with van der Waals surface area (Å²) in [6.45, 7) is 3.14. The van der Waals surface area contributed by atoms with Gasteiger partial charge in [0.2, 0.25) is 0 Å². The normalized spacial score (nSPS) is 11.0. The molecule has 2 aromatic carbocycles. The van der Waals surface area contributed by atoms with Gasteiger partial charge in [-0.2, -0.15) is 0 Å². The van der Waals surface area contributed by atoms with Crippen LogP contribution in [0.3, 0.4) is 0 Å². The molecule has 0 aromatic heterocycles. The maximum atomic E-state index is 13.1. The number of nitrogens with zero attached hydrogens (tertiary/aromatic N) is 1. The van der Waals surface area contributed by atoms with E-state index in [0.717, 1.165) is 4.31 Å². The van der Waals surface area contributed by atoms with E-state index in [0.29, 0.717) is 5.02 Å². The minimum absolute atomic E-state index is 0.0318. The van der Waals surface area contributed by atoms with Crippen molar-refractivity contribution in [1.82, 2.24) is 0 Å². The molecule has 0 heterocycles. The molecule has 150 valence electrons. The van der Waals surface area contributed by atoms with Gasteiger partial charge < -0.3 is 9.47 Å². The summed E-state index contributed by atoms with van der Waals surface area (Å²) in [7, 11) is -4.07. The molecular formula is C19H20ClNO6S. The summed E-state index contributed by atoms with van der Waals surface area (Å²) in [6.07, 6.45) is 0. The van der Waals surface area contributed by atoms with Crippen LogP contribution < -0.4 is 4.31 Å². The van der Waals surface area contributed by atoms with E-state index in [1.165, 1.54) is 48.5 Å². The first-order valence-corrected chi connectivity index (χ1v) is 10.3. The highest BCUT2D eigenvalue weighted by atomic mass is 35.5. The molecule has 0 radical (unpaired) electrons. The lowest BCUT2D eigenvalue weighted by Gasteiger charge is -2.23. The Balaban J connectivity index is 2.43. The number of benzene rings is 2. The van der Waals surface area contributed by atoms with Gasteiger partial charge in [-0.15, -0.1) is 0 Å². The predicted molar refractivity (Wildman–Crippen MR) is 105 cm³/mol. The zero-order valence-electron chi connectivity index (χ0n) is 15.4. The van der Waals surface area contributed by atoms with Crippen LogP contribution >= 0.6 is 11.6 Å². The maximum Gasteiger partial charge on any atom is 0.338 e. The first-order valence-electron chi connectivity index (χ1n) is 8.50. The number of carbonyl (C=O) groups excluding carboxylic acids is 2. The molecule has 0 bridgehead atoms. The van der Waals surface area contributed by atoms with Crippen LogP contribution in [0.5, 0.6) is 0 Å². The third-order valence-electron chi connectivity index (χ3n) is 3.65. The summed E-state index contributed by atoms with van der Waals surface area (Å²) in [5, 5.41) is 0.384. The van der Waals surface area contributed by atoms with Crippen molar-refractivity contribution >= 4 is 39.3 Å². The lowest BCUT2D eigenvalue weighted by molar-refractivity contribution is -0.141. The predicted octanol–water partition coefficient (Wildman–Crippen LogP) is 3.28. The molecule has 0 saturated carbocycles. The molecule has 2 aromatic rings. The van der Waals surface area contributed by atoms with Crippen molar-refractivity contribution in [3.63, 3.8) is 0 Å². The second-order valence-corrected chi connectivity index (χ2v) is 7.84. The smallest absolute Gasteiger partial charge is 0.338 e. The molecule has 7 nitrogen and oxygen atoms in total. The summed E-state index contributed by atoms with van der Waals surface area (Å²) >= 11 is 5.83. The van der Waals surface area contributed by atoms with Gasteiger partial charge in [0.25, 0.3) is 10.0 Å². The summed E-state index contributed by atoms with van der Waals surface area (Å²) < 4.78 is 36.9. The van der Waals surface area contributed by atoms with Gasteiger partial charge in [0.15, 0.2) is 0 Å². The second-order valence-electron chi connectivity index (χ2n) is 5.54. The fraction of sp³-hybridized carbons (Fsp3) is 0.263. The lowest BCUT2D eigenvalue weighted by atomic mass is 10.2. The number of anilines is 1. The second kappa shape index (κ2) is 9.57. The summed E-state index contributed by atoms with van der Waals surface area (Å²) in [4.78, 5) is 23.8. The first-order chi connectivity index (χ1) is 13.3. The Hall–Kier alpha value is -2.58. The Kier molecular flexibility index (Phi) is 7.42. The number of esters is 2. The maximum absolute atomic E-state index is 13.1. The lowest BCUT2D eigenvalue weighted by Crippen LogP contribution is -2.36. The Morgan fingerprint density at radius 2 is 1.50 bits per heavy atom. The van der Waals surface area contributed by atoms with Crippen molar-refractivity contribution in [2.45, 2.75) is 18.7 Å². The largest absolute Gasteiger partial charge is 0.465 e. The molecule has 0 N–H and O–H groups in total. The highest BCUT2D eigenvalue weighted by Gasteiger charge is 2.28. The first kappa shape index (κ1) is 21.7. The van der Waals surface area contributed by atoms with Crippen LogP contribution in [-0.4, -0.2) is 40.1 Å². The number of rotatable bonds is 8. The highest BCUT2D eigenvalue weighted by Crippen LogP contribution is 2.25. The van der Waals surface area contributed by atoms with Gasteiger partial charge in [-0.1, -0.05) is 11.6 Å². The zero-order chi connectivity index (χ0) is 20.7. The number of hydrogen-bond acceptors (Lipinski definition) is 6. The molecule has 9 heteroatoms. The van der Waals surface area contributed by atoms with Crippen LogP contribution in [0.1, 0.15) is 24.2 Å². The highest BCUT2D eigenvalue weighted by molar-refractivity contribution is 7.92. The molecule has 0 saturated heterocycles. The Bertz CT molecular complexity index is 926. The topological polar surface area (TPSA) is 90.0 Å². The quantitative estimate of drug-likeness (QED) is 0.603. The number of ether oxygens (including phenoxy) is 2. The molecule has 0 aliphatic heterocycles. The van der Waals surface area contributed by atoms with Gasteiger partial charge in [-0.05, 0) is 62.4 Å². The van der Waals surface area contributed by atoms with Crippen LogP contribution in [0.4, 0.5) is 5.69 Å². The third kappa shape index (κ3) is 5.24. The van der Waals surface area contributed by atoms with Crippen LogP contribution in [0.25, 0.3) is 0 Å². The molecule has 2 rings (SSSR count). The fourth-order valence-electron chi connectivity index (χ4n) is 2.35. The Morgan fingerprint density at radius 1 is 0.929 bits per heavy atom. The van der Waals surface area contributed by atoms with Crippen molar-refractivity contribution in [1.29, 1.82) is 0 Å². The van der Waals surface area contributed by atoms with E-state index in [4.69, 9.17) is 21.1 Å². The summed E-state index contributed by atoms with van der Waals surface area (Å²) in [6, 6.07) is 11.3. The van der Waals surface area contributed by atoms with Crippen molar-refractivity contribution in [3.05, 3.63) is 59.1 Å². The van der Waals surface area contributed by atoms with Crippen LogP contribution in [0, 0.1) is 0 Å². The Labute approximate surface area is 168 Å². The summed E-state index contributed by atoms with van der Waals surface area (Å²) in [5.74, 6) is -1.22. The molecule has 0 atom stereocenters.